The molecule has 1 unspecified atom stereocenters. The first kappa shape index (κ1) is 11.5. The van der Waals surface area contributed by atoms with Crippen molar-refractivity contribution in [2.24, 2.45) is 0 Å². The Morgan fingerprint density at radius 2 is 1.81 bits per heavy atom. The highest BCUT2D eigenvalue weighted by Gasteiger charge is 2.32. The normalized spacial score (nSPS) is 25.1. The number of aryl methyl sites for hydroxylation is 2. The fraction of sp³-hybridized carbons (Fsp3) is 0.571. The number of rotatable bonds is 2. The van der Waals surface area contributed by atoms with Crippen molar-refractivity contribution in [3.8, 4) is 0 Å². The molecule has 1 aromatic carbocycles. The Labute approximate surface area is 98.7 Å². The van der Waals surface area contributed by atoms with Crippen LogP contribution in [-0.4, -0.2) is 25.7 Å². The average molecular weight is 218 g/mol. The number of nitrogens with zero attached hydrogens (tertiary/aromatic N) is 1. The molecule has 0 amide bonds. The van der Waals surface area contributed by atoms with Crippen LogP contribution in [0.25, 0.3) is 0 Å². The van der Waals surface area contributed by atoms with E-state index in [1.165, 1.54) is 23.2 Å². The van der Waals surface area contributed by atoms with Crippen LogP contribution in [0, 0.1) is 13.8 Å². The molecule has 0 aliphatic carbocycles. The van der Waals surface area contributed by atoms with E-state index in [4.69, 9.17) is 0 Å². The number of benzene rings is 1. The SMILES string of the molecule is CNC1(C)CCN(c2cc(C)cc(C)c2)C1. The maximum Gasteiger partial charge on any atom is 0.0372 e. The molecule has 1 aliphatic heterocycles. The van der Waals surface area contributed by atoms with Crippen LogP contribution in [0.5, 0.6) is 0 Å². The van der Waals surface area contributed by atoms with Crippen molar-refractivity contribution in [1.82, 2.24) is 5.32 Å². The number of hydrogen-bond donors (Lipinski definition) is 1. The van der Waals surface area contributed by atoms with Crippen LogP contribution in [0.4, 0.5) is 5.69 Å². The smallest absolute Gasteiger partial charge is 0.0372 e. The molecule has 0 aromatic heterocycles. The van der Waals surface area contributed by atoms with E-state index in [2.05, 4.69) is 56.2 Å². The maximum atomic E-state index is 3.43. The van der Waals surface area contributed by atoms with E-state index in [-0.39, 0.29) is 5.54 Å². The van der Waals surface area contributed by atoms with Gasteiger partial charge in [0.1, 0.15) is 0 Å². The molecule has 1 atom stereocenters. The van der Waals surface area contributed by atoms with Crippen LogP contribution in [0.15, 0.2) is 18.2 Å². The quantitative estimate of drug-likeness (QED) is 0.820. The van der Waals surface area contributed by atoms with Gasteiger partial charge in [-0.3, -0.25) is 0 Å². The van der Waals surface area contributed by atoms with E-state index in [0.717, 1.165) is 13.1 Å². The zero-order chi connectivity index (χ0) is 11.8. The van der Waals surface area contributed by atoms with Crippen LogP contribution in [0.3, 0.4) is 0 Å². The first-order valence-corrected chi connectivity index (χ1v) is 6.05. The zero-order valence-electron chi connectivity index (χ0n) is 10.8. The zero-order valence-corrected chi connectivity index (χ0v) is 10.8. The summed E-state index contributed by atoms with van der Waals surface area (Å²) in [6.07, 6.45) is 1.22. The molecular formula is C14H22N2. The highest BCUT2D eigenvalue weighted by atomic mass is 15.2. The Kier molecular flexibility index (Phi) is 2.94. The lowest BCUT2D eigenvalue weighted by Gasteiger charge is -2.25. The summed E-state index contributed by atoms with van der Waals surface area (Å²) in [6.45, 7) is 8.90. The molecule has 0 radical (unpaired) electrons. The lowest BCUT2D eigenvalue weighted by atomic mass is 10.0. The van der Waals surface area contributed by atoms with E-state index in [9.17, 15) is 0 Å². The van der Waals surface area contributed by atoms with Crippen LogP contribution in [0.1, 0.15) is 24.5 Å². The van der Waals surface area contributed by atoms with Crippen molar-refractivity contribution in [1.29, 1.82) is 0 Å². The monoisotopic (exact) mass is 218 g/mol. The van der Waals surface area contributed by atoms with Gasteiger partial charge in [0.25, 0.3) is 0 Å². The fourth-order valence-electron chi connectivity index (χ4n) is 2.52. The molecule has 1 aliphatic rings. The molecule has 1 aromatic rings. The highest BCUT2D eigenvalue weighted by Crippen LogP contribution is 2.27. The van der Waals surface area contributed by atoms with Gasteiger partial charge in [-0.15, -0.1) is 0 Å². The molecule has 1 saturated heterocycles. The third kappa shape index (κ3) is 2.22. The number of anilines is 1. The first-order valence-electron chi connectivity index (χ1n) is 6.05. The Morgan fingerprint density at radius 1 is 1.19 bits per heavy atom. The van der Waals surface area contributed by atoms with Gasteiger partial charge >= 0.3 is 0 Å². The molecule has 1 heterocycles. The van der Waals surface area contributed by atoms with Crippen molar-refractivity contribution in [2.45, 2.75) is 32.7 Å². The van der Waals surface area contributed by atoms with Gasteiger partial charge in [0.05, 0.1) is 0 Å². The van der Waals surface area contributed by atoms with E-state index in [0.29, 0.717) is 0 Å². The summed E-state index contributed by atoms with van der Waals surface area (Å²) in [4.78, 5) is 2.48. The molecule has 2 heteroatoms. The molecule has 88 valence electrons. The molecule has 0 bridgehead atoms. The number of hydrogen-bond acceptors (Lipinski definition) is 2. The third-order valence-electron chi connectivity index (χ3n) is 3.65. The summed E-state index contributed by atoms with van der Waals surface area (Å²) in [6, 6.07) is 6.81. The number of nitrogens with one attached hydrogen (secondary N) is 1. The molecule has 1 fully saturated rings. The topological polar surface area (TPSA) is 15.3 Å². The van der Waals surface area contributed by atoms with Crippen molar-refractivity contribution in [2.75, 3.05) is 25.0 Å². The van der Waals surface area contributed by atoms with Gasteiger partial charge < -0.3 is 10.2 Å². The lowest BCUT2D eigenvalue weighted by Crippen LogP contribution is -2.42. The van der Waals surface area contributed by atoms with Gasteiger partial charge in [0.15, 0.2) is 0 Å². The summed E-state index contributed by atoms with van der Waals surface area (Å²) in [5, 5.41) is 3.43. The number of likely N-dealkylation sites (N-methyl/N-ethyl adjacent to an activating group) is 1. The van der Waals surface area contributed by atoms with Gasteiger partial charge in [-0.25, -0.2) is 0 Å². The third-order valence-corrected chi connectivity index (χ3v) is 3.65. The summed E-state index contributed by atoms with van der Waals surface area (Å²) < 4.78 is 0. The van der Waals surface area contributed by atoms with Crippen molar-refractivity contribution >= 4 is 5.69 Å². The van der Waals surface area contributed by atoms with E-state index < -0.39 is 0 Å². The Morgan fingerprint density at radius 3 is 2.31 bits per heavy atom. The van der Waals surface area contributed by atoms with Crippen molar-refractivity contribution in [3.63, 3.8) is 0 Å². The van der Waals surface area contributed by atoms with Gasteiger partial charge in [0.2, 0.25) is 0 Å². The van der Waals surface area contributed by atoms with Crippen molar-refractivity contribution in [3.05, 3.63) is 29.3 Å². The molecule has 0 spiro atoms. The fourth-order valence-corrected chi connectivity index (χ4v) is 2.52. The predicted molar refractivity (Wildman–Crippen MR) is 70.2 cm³/mol. The molecular weight excluding hydrogens is 196 g/mol. The van der Waals surface area contributed by atoms with Crippen LogP contribution >= 0.6 is 0 Å². The van der Waals surface area contributed by atoms with Gasteiger partial charge in [-0.05, 0) is 57.5 Å². The van der Waals surface area contributed by atoms with Crippen LogP contribution in [-0.2, 0) is 0 Å². The standard InChI is InChI=1S/C14H22N2/c1-11-7-12(2)9-13(8-11)16-6-5-14(3,10-16)15-4/h7-9,15H,5-6,10H2,1-4H3. The summed E-state index contributed by atoms with van der Waals surface area (Å²) in [5.74, 6) is 0. The lowest BCUT2D eigenvalue weighted by molar-refractivity contribution is 0.428. The minimum absolute atomic E-state index is 0.275. The largest absolute Gasteiger partial charge is 0.370 e. The van der Waals surface area contributed by atoms with E-state index in [1.54, 1.807) is 0 Å². The molecule has 2 nitrogen and oxygen atoms in total. The van der Waals surface area contributed by atoms with Gasteiger partial charge in [0, 0.05) is 24.3 Å². The minimum Gasteiger partial charge on any atom is -0.370 e. The van der Waals surface area contributed by atoms with Crippen LogP contribution in [0.2, 0.25) is 0 Å². The molecule has 1 N–H and O–H groups in total. The summed E-state index contributed by atoms with van der Waals surface area (Å²) >= 11 is 0. The second-order valence-electron chi connectivity index (χ2n) is 5.33. The maximum absolute atomic E-state index is 3.43. The highest BCUT2D eigenvalue weighted by molar-refractivity contribution is 5.52. The summed E-state index contributed by atoms with van der Waals surface area (Å²) in [5.41, 5.74) is 4.36. The second-order valence-corrected chi connectivity index (χ2v) is 5.33. The average Bonchev–Trinajstić information content (AvgIpc) is 2.61. The molecule has 2 rings (SSSR count). The Balaban J connectivity index is 2.20. The van der Waals surface area contributed by atoms with Gasteiger partial charge in [-0.2, -0.15) is 0 Å². The van der Waals surface area contributed by atoms with E-state index in [1.807, 2.05) is 0 Å². The Hall–Kier alpha value is -1.02. The van der Waals surface area contributed by atoms with Gasteiger partial charge in [-0.1, -0.05) is 6.07 Å². The predicted octanol–water partition coefficient (Wildman–Crippen LogP) is 2.49. The molecule has 16 heavy (non-hydrogen) atoms. The Bertz CT molecular complexity index is 366. The van der Waals surface area contributed by atoms with E-state index >= 15 is 0 Å². The minimum atomic E-state index is 0.275. The summed E-state index contributed by atoms with van der Waals surface area (Å²) in [7, 11) is 2.06. The van der Waals surface area contributed by atoms with Crippen molar-refractivity contribution < 1.29 is 0 Å². The molecule has 0 saturated carbocycles. The van der Waals surface area contributed by atoms with Crippen LogP contribution < -0.4 is 10.2 Å². The first-order chi connectivity index (χ1) is 7.52. The second kappa shape index (κ2) is 4.10.